The van der Waals surface area contributed by atoms with Crippen LogP contribution in [-0.4, -0.2) is 50.2 Å². The van der Waals surface area contributed by atoms with E-state index in [-0.39, 0.29) is 11.3 Å². The highest BCUT2D eigenvalue weighted by Crippen LogP contribution is 2.48. The molecule has 212 valence electrons. The van der Waals surface area contributed by atoms with Gasteiger partial charge in [0.05, 0.1) is 50.3 Å². The van der Waals surface area contributed by atoms with Crippen molar-refractivity contribution in [2.24, 2.45) is 0 Å². The van der Waals surface area contributed by atoms with E-state index in [1.807, 2.05) is 32.9 Å². The van der Waals surface area contributed by atoms with Crippen LogP contribution in [0.1, 0.15) is 33.9 Å². The van der Waals surface area contributed by atoms with Crippen LogP contribution >= 0.6 is 11.3 Å². The number of aliphatic hydroxyl groups excluding tert-OH is 1. The van der Waals surface area contributed by atoms with Crippen molar-refractivity contribution in [3.63, 3.8) is 0 Å². The Balaban J connectivity index is 1.80. The number of hydrogen-bond acceptors (Lipinski definition) is 9. The Labute approximate surface area is 241 Å². The van der Waals surface area contributed by atoms with E-state index in [4.69, 9.17) is 23.9 Å². The van der Waals surface area contributed by atoms with Gasteiger partial charge in [-0.15, -0.1) is 0 Å². The Morgan fingerprint density at radius 2 is 1.51 bits per heavy atom. The number of rotatable bonds is 7. The number of methoxy groups -OCH3 is 4. The summed E-state index contributed by atoms with van der Waals surface area (Å²) in [6, 6.07) is 11.4. The summed E-state index contributed by atoms with van der Waals surface area (Å²) >= 11 is 1.31. The molecule has 0 bridgehead atoms. The van der Waals surface area contributed by atoms with Crippen molar-refractivity contribution < 1.29 is 33.6 Å². The number of carbonyl (C=O) groups excluding carboxylic acids is 2. The fraction of sp³-hybridized carbons (Fsp3) is 0.258. The van der Waals surface area contributed by atoms with Gasteiger partial charge in [0.15, 0.2) is 16.6 Å². The molecule has 10 heteroatoms. The molecule has 5 rings (SSSR count). The van der Waals surface area contributed by atoms with Gasteiger partial charge in [-0.3, -0.25) is 14.5 Å². The molecular formula is C31H30N2O7S. The number of nitrogens with zero attached hydrogens (tertiary/aromatic N) is 2. The minimum Gasteiger partial charge on any atom is -0.507 e. The van der Waals surface area contributed by atoms with E-state index < -0.39 is 17.7 Å². The van der Waals surface area contributed by atoms with Gasteiger partial charge in [0, 0.05) is 5.56 Å². The van der Waals surface area contributed by atoms with E-state index in [9.17, 15) is 14.7 Å². The molecule has 1 aliphatic heterocycles. The molecule has 1 amide bonds. The smallest absolute Gasteiger partial charge is 0.301 e. The first kappa shape index (κ1) is 28.0. The van der Waals surface area contributed by atoms with Crippen molar-refractivity contribution in [3.8, 4) is 23.0 Å². The number of ether oxygens (including phenoxy) is 4. The fourth-order valence-corrected chi connectivity index (χ4v) is 6.42. The zero-order chi connectivity index (χ0) is 29.6. The number of aryl methyl sites for hydroxylation is 3. The van der Waals surface area contributed by atoms with Gasteiger partial charge in [-0.1, -0.05) is 17.4 Å². The minimum absolute atomic E-state index is 0.0824. The maximum absolute atomic E-state index is 13.8. The predicted octanol–water partition coefficient (Wildman–Crippen LogP) is 5.88. The molecule has 9 nitrogen and oxygen atoms in total. The number of ketones is 1. The second-order valence-electron chi connectivity index (χ2n) is 9.74. The van der Waals surface area contributed by atoms with Crippen molar-refractivity contribution in [2.45, 2.75) is 26.8 Å². The standard InChI is InChI=1S/C31H30N2O7S/c1-15-10-17(3)25-23(11-15)41-31(32-25)33-26(19-13-21(38-5)29(40-7)22(14-19)39-6)24(28(35)30(33)36)27(34)18-8-9-20(37-4)16(2)12-18/h8-14,26,34H,1-7H3/b27-24+/t26-/m1/s1. The lowest BCUT2D eigenvalue weighted by atomic mass is 9.94. The summed E-state index contributed by atoms with van der Waals surface area (Å²) < 4.78 is 22.9. The number of anilines is 1. The minimum atomic E-state index is -1.03. The van der Waals surface area contributed by atoms with Crippen LogP contribution in [0.4, 0.5) is 5.13 Å². The van der Waals surface area contributed by atoms with Gasteiger partial charge in [0.1, 0.15) is 11.5 Å². The van der Waals surface area contributed by atoms with E-state index >= 15 is 0 Å². The molecule has 0 aliphatic carbocycles. The number of thiazole rings is 1. The summed E-state index contributed by atoms with van der Waals surface area (Å²) in [7, 11) is 6.01. The Morgan fingerprint density at radius 1 is 0.854 bits per heavy atom. The molecule has 1 atom stereocenters. The van der Waals surface area contributed by atoms with Gasteiger partial charge in [-0.05, 0) is 79.4 Å². The van der Waals surface area contributed by atoms with Gasteiger partial charge in [-0.2, -0.15) is 0 Å². The van der Waals surface area contributed by atoms with Crippen LogP contribution in [0, 0.1) is 20.8 Å². The Hall–Kier alpha value is -4.57. The van der Waals surface area contributed by atoms with Crippen LogP contribution in [0.2, 0.25) is 0 Å². The molecule has 1 saturated heterocycles. The van der Waals surface area contributed by atoms with E-state index in [1.165, 1.54) is 37.6 Å². The molecule has 0 unspecified atom stereocenters. The van der Waals surface area contributed by atoms with Gasteiger partial charge in [-0.25, -0.2) is 4.98 Å². The normalized spacial score (nSPS) is 16.4. The molecule has 4 aromatic rings. The van der Waals surface area contributed by atoms with Crippen LogP contribution in [0.3, 0.4) is 0 Å². The third-order valence-corrected chi connectivity index (χ3v) is 8.14. The van der Waals surface area contributed by atoms with Crippen molar-refractivity contribution in [1.29, 1.82) is 0 Å². The molecule has 41 heavy (non-hydrogen) atoms. The summed E-state index contributed by atoms with van der Waals surface area (Å²) in [6.07, 6.45) is 0. The molecule has 0 spiro atoms. The molecule has 1 aliphatic rings. The number of aliphatic hydroxyl groups is 1. The summed E-state index contributed by atoms with van der Waals surface area (Å²) in [5.74, 6) is -0.294. The molecule has 3 aromatic carbocycles. The Bertz CT molecular complexity index is 1720. The third-order valence-electron chi connectivity index (χ3n) is 7.14. The van der Waals surface area contributed by atoms with Gasteiger partial charge < -0.3 is 24.1 Å². The number of amides is 1. The second kappa shape index (κ2) is 10.8. The van der Waals surface area contributed by atoms with Crippen molar-refractivity contribution in [1.82, 2.24) is 4.98 Å². The number of benzene rings is 3. The lowest BCUT2D eigenvalue weighted by Gasteiger charge is -2.24. The molecule has 2 heterocycles. The zero-order valence-electron chi connectivity index (χ0n) is 23.8. The number of Topliss-reactive ketones (excluding diaryl/α,β-unsaturated/α-hetero) is 1. The largest absolute Gasteiger partial charge is 0.507 e. The van der Waals surface area contributed by atoms with Gasteiger partial charge >= 0.3 is 5.91 Å². The van der Waals surface area contributed by atoms with E-state index in [2.05, 4.69) is 0 Å². The molecule has 1 fully saturated rings. The second-order valence-corrected chi connectivity index (χ2v) is 10.7. The molecule has 0 saturated carbocycles. The molecule has 1 aromatic heterocycles. The predicted molar refractivity (Wildman–Crippen MR) is 158 cm³/mol. The van der Waals surface area contributed by atoms with Crippen molar-refractivity contribution in [3.05, 3.63) is 75.9 Å². The van der Waals surface area contributed by atoms with Gasteiger partial charge in [0.2, 0.25) is 5.75 Å². The van der Waals surface area contributed by atoms with Crippen LogP contribution in [0.15, 0.2) is 48.0 Å². The lowest BCUT2D eigenvalue weighted by molar-refractivity contribution is -0.132. The lowest BCUT2D eigenvalue weighted by Crippen LogP contribution is -2.29. The van der Waals surface area contributed by atoms with Crippen LogP contribution in [0.25, 0.3) is 16.0 Å². The average molecular weight is 575 g/mol. The van der Waals surface area contributed by atoms with E-state index in [0.717, 1.165) is 26.9 Å². The first-order valence-corrected chi connectivity index (χ1v) is 13.6. The monoisotopic (exact) mass is 574 g/mol. The third kappa shape index (κ3) is 4.63. The molecule has 1 N–H and O–H groups in total. The molecule has 0 radical (unpaired) electrons. The number of aromatic nitrogens is 1. The highest BCUT2D eigenvalue weighted by molar-refractivity contribution is 7.22. The highest BCUT2D eigenvalue weighted by atomic mass is 32.1. The topological polar surface area (TPSA) is 107 Å². The van der Waals surface area contributed by atoms with E-state index in [0.29, 0.717) is 39.3 Å². The number of carbonyl (C=O) groups is 2. The van der Waals surface area contributed by atoms with Gasteiger partial charge in [0.25, 0.3) is 5.78 Å². The highest BCUT2D eigenvalue weighted by Gasteiger charge is 2.48. The van der Waals surface area contributed by atoms with Crippen LogP contribution in [0.5, 0.6) is 23.0 Å². The quantitative estimate of drug-likeness (QED) is 0.166. The Kier molecular flexibility index (Phi) is 7.35. The van der Waals surface area contributed by atoms with Crippen molar-refractivity contribution >= 4 is 44.1 Å². The zero-order valence-corrected chi connectivity index (χ0v) is 24.6. The summed E-state index contributed by atoms with van der Waals surface area (Å²) in [5, 5.41) is 11.9. The average Bonchev–Trinajstić information content (AvgIpc) is 3.49. The maximum atomic E-state index is 13.8. The maximum Gasteiger partial charge on any atom is 0.301 e. The summed E-state index contributed by atoms with van der Waals surface area (Å²) in [6.45, 7) is 5.77. The first-order chi connectivity index (χ1) is 19.6. The first-order valence-electron chi connectivity index (χ1n) is 12.8. The summed E-state index contributed by atoms with van der Waals surface area (Å²) in [5.41, 5.74) is 4.27. The van der Waals surface area contributed by atoms with Crippen LogP contribution in [-0.2, 0) is 9.59 Å². The van der Waals surface area contributed by atoms with E-state index in [1.54, 1.807) is 37.4 Å². The molecular weight excluding hydrogens is 544 g/mol. The number of fused-ring (bicyclic) bond motifs is 1. The fourth-order valence-electron chi connectivity index (χ4n) is 5.25. The SMILES string of the molecule is COc1ccc(/C(O)=C2\C(=O)C(=O)N(c3nc4c(C)cc(C)cc4s3)[C@@H]2c2cc(OC)c(OC)c(OC)c2)cc1C. The van der Waals surface area contributed by atoms with Crippen molar-refractivity contribution in [2.75, 3.05) is 33.3 Å². The van der Waals surface area contributed by atoms with Crippen LogP contribution < -0.4 is 23.8 Å². The summed E-state index contributed by atoms with van der Waals surface area (Å²) in [4.78, 5) is 33.6. The Morgan fingerprint density at radius 3 is 2.10 bits per heavy atom. The number of hydrogen-bond donors (Lipinski definition) is 1.